The quantitative estimate of drug-likeness (QED) is 0.346. The second-order valence-electron chi connectivity index (χ2n) is 7.81. The molecule has 0 bridgehead atoms. The van der Waals surface area contributed by atoms with Crippen molar-refractivity contribution in [2.75, 3.05) is 20.7 Å². The van der Waals surface area contributed by atoms with Crippen molar-refractivity contribution in [3.63, 3.8) is 0 Å². The van der Waals surface area contributed by atoms with Crippen LogP contribution >= 0.6 is 0 Å². The number of rotatable bonds is 14. The van der Waals surface area contributed by atoms with Crippen molar-refractivity contribution in [3.05, 3.63) is 24.4 Å². The molecule has 0 radical (unpaired) electrons. The maximum absolute atomic E-state index is 10.3. The van der Waals surface area contributed by atoms with Crippen molar-refractivity contribution in [1.82, 2.24) is 4.90 Å². The monoisotopic (exact) mass is 351 g/mol. The van der Waals surface area contributed by atoms with Gasteiger partial charge < -0.3 is 15.1 Å². The fourth-order valence-corrected chi connectivity index (χ4v) is 3.83. The van der Waals surface area contributed by atoms with Crippen molar-refractivity contribution < 1.29 is 10.2 Å². The predicted octanol–water partition coefficient (Wildman–Crippen LogP) is 4.90. The van der Waals surface area contributed by atoms with E-state index in [1.165, 1.54) is 38.5 Å². The highest BCUT2D eigenvalue weighted by molar-refractivity contribution is 4.98. The van der Waals surface area contributed by atoms with Crippen molar-refractivity contribution >= 4 is 0 Å². The molecule has 0 heterocycles. The second-order valence-corrected chi connectivity index (χ2v) is 7.81. The first-order valence-corrected chi connectivity index (χ1v) is 10.4. The fraction of sp³-hybridized carbons (Fsp3) is 0.818. The number of hydrogen-bond donors (Lipinski definition) is 2. The molecule has 1 fully saturated rings. The Labute approximate surface area is 155 Å². The molecule has 2 N–H and O–H groups in total. The Morgan fingerprint density at radius 3 is 2.28 bits per heavy atom. The van der Waals surface area contributed by atoms with Crippen molar-refractivity contribution in [1.29, 1.82) is 0 Å². The van der Waals surface area contributed by atoms with Gasteiger partial charge in [0.2, 0.25) is 0 Å². The largest absolute Gasteiger partial charge is 0.396 e. The number of unbranched alkanes of at least 4 members (excludes halogenated alkanes) is 7. The SMILES string of the molecule is CN(C)C=CCCCCCC1[C@H](O)CC[C@H]1C=CCCCCCCO. The van der Waals surface area contributed by atoms with Crippen LogP contribution in [0.5, 0.6) is 0 Å². The number of allylic oxidation sites excluding steroid dienone is 3. The summed E-state index contributed by atoms with van der Waals surface area (Å²) in [6.07, 6.45) is 22.9. The zero-order valence-corrected chi connectivity index (χ0v) is 16.6. The molecule has 1 rings (SSSR count). The van der Waals surface area contributed by atoms with E-state index in [0.717, 1.165) is 38.5 Å². The minimum atomic E-state index is -0.0900. The molecule has 0 aromatic heterocycles. The summed E-state index contributed by atoms with van der Waals surface area (Å²) in [7, 11) is 4.11. The molecule has 0 aliphatic heterocycles. The van der Waals surface area contributed by atoms with Gasteiger partial charge in [-0.15, -0.1) is 0 Å². The highest BCUT2D eigenvalue weighted by atomic mass is 16.3. The lowest BCUT2D eigenvalue weighted by molar-refractivity contribution is 0.117. The van der Waals surface area contributed by atoms with Crippen LogP contribution in [0.15, 0.2) is 24.4 Å². The van der Waals surface area contributed by atoms with Gasteiger partial charge in [-0.25, -0.2) is 0 Å². The van der Waals surface area contributed by atoms with Gasteiger partial charge in [0.15, 0.2) is 0 Å². The summed E-state index contributed by atoms with van der Waals surface area (Å²) < 4.78 is 0. The van der Waals surface area contributed by atoms with Gasteiger partial charge in [-0.2, -0.15) is 0 Å². The van der Waals surface area contributed by atoms with Crippen LogP contribution < -0.4 is 0 Å². The highest BCUT2D eigenvalue weighted by Crippen LogP contribution is 2.36. The van der Waals surface area contributed by atoms with Crippen LogP contribution in [0.3, 0.4) is 0 Å². The molecule has 1 saturated carbocycles. The smallest absolute Gasteiger partial charge is 0.0574 e. The number of aliphatic hydroxyl groups is 2. The first kappa shape index (κ1) is 22.2. The molecule has 0 aromatic rings. The van der Waals surface area contributed by atoms with Gasteiger partial charge in [0.25, 0.3) is 0 Å². The van der Waals surface area contributed by atoms with E-state index in [1.54, 1.807) is 0 Å². The topological polar surface area (TPSA) is 43.7 Å². The molecule has 0 saturated heterocycles. The van der Waals surface area contributed by atoms with Crippen molar-refractivity contribution in [2.24, 2.45) is 11.8 Å². The van der Waals surface area contributed by atoms with Gasteiger partial charge in [-0.05, 0) is 69.4 Å². The molecule has 146 valence electrons. The molecule has 1 unspecified atom stereocenters. The van der Waals surface area contributed by atoms with Gasteiger partial charge in [0.1, 0.15) is 0 Å². The third kappa shape index (κ3) is 10.7. The Hall–Kier alpha value is -0.800. The number of hydrogen-bond acceptors (Lipinski definition) is 3. The minimum Gasteiger partial charge on any atom is -0.396 e. The first-order chi connectivity index (χ1) is 12.1. The second kappa shape index (κ2) is 14.4. The van der Waals surface area contributed by atoms with Crippen LogP contribution in [0.4, 0.5) is 0 Å². The molecule has 3 atom stereocenters. The van der Waals surface area contributed by atoms with E-state index >= 15 is 0 Å². The van der Waals surface area contributed by atoms with E-state index in [4.69, 9.17) is 5.11 Å². The van der Waals surface area contributed by atoms with E-state index in [9.17, 15) is 5.11 Å². The summed E-state index contributed by atoms with van der Waals surface area (Å²) in [5.74, 6) is 1.06. The lowest BCUT2D eigenvalue weighted by atomic mass is 9.88. The molecular weight excluding hydrogens is 310 g/mol. The summed E-state index contributed by atoms with van der Waals surface area (Å²) in [4.78, 5) is 2.08. The van der Waals surface area contributed by atoms with Gasteiger partial charge >= 0.3 is 0 Å². The summed E-state index contributed by atoms with van der Waals surface area (Å²) >= 11 is 0. The van der Waals surface area contributed by atoms with Crippen LogP contribution in [0, 0.1) is 11.8 Å². The number of nitrogens with zero attached hydrogens (tertiary/aromatic N) is 1. The summed E-state index contributed by atoms with van der Waals surface area (Å²) in [5.41, 5.74) is 0. The van der Waals surface area contributed by atoms with Gasteiger partial charge in [-0.1, -0.05) is 43.9 Å². The molecule has 1 aliphatic rings. The van der Waals surface area contributed by atoms with Crippen molar-refractivity contribution in [2.45, 2.75) is 83.2 Å². The Morgan fingerprint density at radius 1 is 0.880 bits per heavy atom. The third-order valence-corrected chi connectivity index (χ3v) is 5.31. The van der Waals surface area contributed by atoms with Gasteiger partial charge in [0, 0.05) is 20.7 Å². The normalized spacial score (nSPS) is 23.9. The summed E-state index contributed by atoms with van der Waals surface area (Å²) in [6.45, 7) is 0.323. The van der Waals surface area contributed by atoms with Gasteiger partial charge in [-0.3, -0.25) is 0 Å². The number of aliphatic hydroxyl groups excluding tert-OH is 2. The average molecular weight is 352 g/mol. The molecule has 3 nitrogen and oxygen atoms in total. The molecule has 1 aliphatic carbocycles. The van der Waals surface area contributed by atoms with Crippen LogP contribution in [0.2, 0.25) is 0 Å². The summed E-state index contributed by atoms with van der Waals surface area (Å²) in [6, 6.07) is 0. The maximum Gasteiger partial charge on any atom is 0.0574 e. The summed E-state index contributed by atoms with van der Waals surface area (Å²) in [5, 5.41) is 19.1. The molecule has 0 amide bonds. The molecular formula is C22H41NO2. The maximum atomic E-state index is 10.3. The lowest BCUT2D eigenvalue weighted by Crippen LogP contribution is -2.18. The van der Waals surface area contributed by atoms with Crippen LogP contribution in [-0.4, -0.2) is 41.9 Å². The van der Waals surface area contributed by atoms with E-state index < -0.39 is 0 Å². The van der Waals surface area contributed by atoms with Crippen LogP contribution in [0.25, 0.3) is 0 Å². The predicted molar refractivity (Wildman–Crippen MR) is 107 cm³/mol. The Bertz CT molecular complexity index is 365. The van der Waals surface area contributed by atoms with E-state index in [2.05, 4.69) is 43.4 Å². The van der Waals surface area contributed by atoms with Crippen molar-refractivity contribution in [3.8, 4) is 0 Å². The van der Waals surface area contributed by atoms with Crippen LogP contribution in [0.1, 0.15) is 77.0 Å². The highest BCUT2D eigenvalue weighted by Gasteiger charge is 2.32. The third-order valence-electron chi connectivity index (χ3n) is 5.31. The van der Waals surface area contributed by atoms with E-state index in [-0.39, 0.29) is 6.10 Å². The Balaban J connectivity index is 2.16. The molecule has 0 aromatic carbocycles. The molecule has 3 heteroatoms. The minimum absolute atomic E-state index is 0.0900. The van der Waals surface area contributed by atoms with Crippen LogP contribution in [-0.2, 0) is 0 Å². The fourth-order valence-electron chi connectivity index (χ4n) is 3.83. The molecule has 25 heavy (non-hydrogen) atoms. The Kier molecular flexibility index (Phi) is 12.8. The zero-order chi connectivity index (χ0) is 18.3. The van der Waals surface area contributed by atoms with E-state index in [0.29, 0.717) is 18.4 Å². The Morgan fingerprint density at radius 2 is 1.56 bits per heavy atom. The standard InChI is InChI=1S/C22H41NO2/c1-23(2)18-12-8-5-7-11-15-21-20(16-17-22(21)25)14-10-6-3-4-9-13-19-24/h10,12,14,18,20-22,24-25H,3-9,11,13,15-17,19H2,1-2H3/t20-,21?,22-/m1/s1. The zero-order valence-electron chi connectivity index (χ0n) is 16.6. The average Bonchev–Trinajstić information content (AvgIpc) is 2.93. The molecule has 0 spiro atoms. The lowest BCUT2D eigenvalue weighted by Gasteiger charge is -2.19. The van der Waals surface area contributed by atoms with E-state index in [1.807, 2.05) is 0 Å². The van der Waals surface area contributed by atoms with Gasteiger partial charge in [0.05, 0.1) is 6.10 Å². The first-order valence-electron chi connectivity index (χ1n) is 10.4.